The molecule has 0 radical (unpaired) electrons. The molecule has 2 aromatic heterocycles. The molecular weight excluding hydrogens is 260 g/mol. The molecule has 0 saturated heterocycles. The van der Waals surface area contributed by atoms with Crippen LogP contribution in [-0.4, -0.2) is 17.1 Å². The summed E-state index contributed by atoms with van der Waals surface area (Å²) in [4.78, 5) is 12.6. The minimum Gasteiger partial charge on any atom is -0.355 e. The number of nitrogens with zero attached hydrogens (tertiary/aromatic N) is 1. The highest BCUT2D eigenvalue weighted by Crippen LogP contribution is 2.31. The van der Waals surface area contributed by atoms with E-state index in [0.29, 0.717) is 21.8 Å². The first kappa shape index (κ1) is 10.8. The van der Waals surface area contributed by atoms with Crippen LogP contribution in [0.1, 0.15) is 23.3 Å². The van der Waals surface area contributed by atoms with Gasteiger partial charge in [-0.15, -0.1) is 11.3 Å². The number of hydrogen-bond donors (Lipinski definition) is 1. The molecule has 88 valence electrons. The van der Waals surface area contributed by atoms with E-state index in [9.17, 15) is 4.79 Å². The molecule has 0 spiro atoms. The zero-order chi connectivity index (χ0) is 11.8. The molecular formula is C11H9ClN2O2S. The van der Waals surface area contributed by atoms with E-state index in [2.05, 4.69) is 10.5 Å². The zero-order valence-electron chi connectivity index (χ0n) is 8.77. The van der Waals surface area contributed by atoms with Crippen LogP contribution in [0, 0.1) is 0 Å². The van der Waals surface area contributed by atoms with Gasteiger partial charge in [-0.25, -0.2) is 0 Å². The molecule has 6 heteroatoms. The maximum Gasteiger partial charge on any atom is 0.273 e. The van der Waals surface area contributed by atoms with Crippen molar-refractivity contribution in [3.8, 4) is 10.6 Å². The molecule has 1 aliphatic rings. The maximum absolute atomic E-state index is 11.7. The topological polar surface area (TPSA) is 55.1 Å². The monoisotopic (exact) mass is 268 g/mol. The second-order valence-corrected chi connectivity index (χ2v) is 5.64. The number of halogens is 1. The average molecular weight is 269 g/mol. The van der Waals surface area contributed by atoms with Crippen LogP contribution >= 0.6 is 22.9 Å². The van der Waals surface area contributed by atoms with Crippen LogP contribution in [-0.2, 0) is 0 Å². The fourth-order valence-electron chi connectivity index (χ4n) is 1.43. The molecule has 4 nitrogen and oxygen atoms in total. The molecule has 2 aromatic rings. The van der Waals surface area contributed by atoms with Crippen LogP contribution in [0.3, 0.4) is 0 Å². The number of thiophene rings is 1. The Kier molecular flexibility index (Phi) is 2.64. The Morgan fingerprint density at radius 3 is 3.00 bits per heavy atom. The summed E-state index contributed by atoms with van der Waals surface area (Å²) < 4.78 is 5.81. The van der Waals surface area contributed by atoms with Gasteiger partial charge in [-0.05, 0) is 25.0 Å². The lowest BCUT2D eigenvalue weighted by Gasteiger charge is -1.96. The van der Waals surface area contributed by atoms with E-state index >= 15 is 0 Å². The highest BCUT2D eigenvalue weighted by atomic mass is 35.5. The van der Waals surface area contributed by atoms with E-state index in [4.69, 9.17) is 16.1 Å². The van der Waals surface area contributed by atoms with Gasteiger partial charge < -0.3 is 9.84 Å². The largest absolute Gasteiger partial charge is 0.355 e. The molecule has 1 N–H and O–H groups in total. The van der Waals surface area contributed by atoms with Gasteiger partial charge in [-0.2, -0.15) is 0 Å². The predicted molar refractivity (Wildman–Crippen MR) is 65.3 cm³/mol. The van der Waals surface area contributed by atoms with Crippen molar-refractivity contribution in [1.82, 2.24) is 10.5 Å². The lowest BCUT2D eigenvalue weighted by atomic mass is 10.3. The van der Waals surface area contributed by atoms with E-state index in [1.54, 1.807) is 12.1 Å². The minimum absolute atomic E-state index is 0.176. The van der Waals surface area contributed by atoms with Gasteiger partial charge in [0.1, 0.15) is 0 Å². The summed E-state index contributed by atoms with van der Waals surface area (Å²) in [6.45, 7) is 0. The smallest absolute Gasteiger partial charge is 0.273 e. The van der Waals surface area contributed by atoms with Crippen LogP contribution < -0.4 is 5.32 Å². The van der Waals surface area contributed by atoms with Crippen molar-refractivity contribution in [2.24, 2.45) is 0 Å². The third-order valence-electron chi connectivity index (χ3n) is 2.47. The van der Waals surface area contributed by atoms with Crippen molar-refractivity contribution in [1.29, 1.82) is 0 Å². The summed E-state index contributed by atoms with van der Waals surface area (Å²) in [7, 11) is 0. The highest BCUT2D eigenvalue weighted by Gasteiger charge is 2.25. The first-order valence-corrected chi connectivity index (χ1v) is 6.45. The van der Waals surface area contributed by atoms with Gasteiger partial charge >= 0.3 is 0 Å². The number of aromatic nitrogens is 1. The lowest BCUT2D eigenvalue weighted by molar-refractivity contribution is 0.0942. The van der Waals surface area contributed by atoms with Crippen LogP contribution in [0.25, 0.3) is 10.6 Å². The van der Waals surface area contributed by atoms with Gasteiger partial charge in [0, 0.05) is 12.1 Å². The Balaban J connectivity index is 1.79. The molecule has 1 saturated carbocycles. The van der Waals surface area contributed by atoms with E-state index < -0.39 is 0 Å². The van der Waals surface area contributed by atoms with Gasteiger partial charge in [0.2, 0.25) is 0 Å². The van der Waals surface area contributed by atoms with Crippen LogP contribution in [0.4, 0.5) is 0 Å². The van der Waals surface area contributed by atoms with Crippen molar-refractivity contribution in [3.63, 3.8) is 0 Å². The van der Waals surface area contributed by atoms with Crippen LogP contribution in [0.15, 0.2) is 22.7 Å². The molecule has 0 bridgehead atoms. The van der Waals surface area contributed by atoms with Gasteiger partial charge in [0.25, 0.3) is 5.91 Å². The molecule has 17 heavy (non-hydrogen) atoms. The molecule has 1 aliphatic carbocycles. The van der Waals surface area contributed by atoms with Crippen molar-refractivity contribution in [3.05, 3.63) is 28.2 Å². The minimum atomic E-state index is -0.176. The molecule has 3 rings (SSSR count). The van der Waals surface area contributed by atoms with E-state index in [0.717, 1.165) is 17.7 Å². The van der Waals surface area contributed by atoms with Crippen molar-refractivity contribution < 1.29 is 9.32 Å². The maximum atomic E-state index is 11.7. The summed E-state index contributed by atoms with van der Waals surface area (Å²) in [6, 6.07) is 5.59. The molecule has 1 fully saturated rings. The summed E-state index contributed by atoms with van der Waals surface area (Å²) >= 11 is 7.23. The van der Waals surface area contributed by atoms with Gasteiger partial charge in [0.15, 0.2) is 11.5 Å². The highest BCUT2D eigenvalue weighted by molar-refractivity contribution is 7.19. The van der Waals surface area contributed by atoms with Crippen molar-refractivity contribution in [2.75, 3.05) is 0 Å². The van der Waals surface area contributed by atoms with Crippen LogP contribution in [0.5, 0.6) is 0 Å². The first-order valence-electron chi connectivity index (χ1n) is 5.25. The molecule has 0 atom stereocenters. The second kappa shape index (κ2) is 4.16. The summed E-state index contributed by atoms with van der Waals surface area (Å²) in [5.74, 6) is 0.396. The van der Waals surface area contributed by atoms with E-state index in [-0.39, 0.29) is 5.91 Å². The number of amides is 1. The van der Waals surface area contributed by atoms with Crippen molar-refractivity contribution in [2.45, 2.75) is 18.9 Å². The van der Waals surface area contributed by atoms with E-state index in [1.807, 2.05) is 6.07 Å². The molecule has 2 heterocycles. The molecule has 0 aromatic carbocycles. The number of carbonyl (C=O) groups is 1. The summed E-state index contributed by atoms with van der Waals surface area (Å²) in [5, 5.41) is 6.62. The average Bonchev–Trinajstić information content (AvgIpc) is 2.81. The Bertz CT molecular complexity index is 559. The zero-order valence-corrected chi connectivity index (χ0v) is 10.3. The predicted octanol–water partition coefficient (Wildman–Crippen LogP) is 2.95. The van der Waals surface area contributed by atoms with Gasteiger partial charge in [-0.3, -0.25) is 4.79 Å². The fraction of sp³-hybridized carbons (Fsp3) is 0.273. The molecule has 0 unspecified atom stereocenters. The van der Waals surface area contributed by atoms with Crippen molar-refractivity contribution >= 4 is 28.8 Å². The van der Waals surface area contributed by atoms with E-state index in [1.165, 1.54) is 11.3 Å². The SMILES string of the molecule is O=C(NC1CC1)c1cc(-c2ccc(Cl)s2)on1. The molecule has 1 amide bonds. The van der Waals surface area contributed by atoms with Crippen LogP contribution in [0.2, 0.25) is 4.34 Å². The summed E-state index contributed by atoms with van der Waals surface area (Å²) in [6.07, 6.45) is 2.11. The second-order valence-electron chi connectivity index (χ2n) is 3.93. The van der Waals surface area contributed by atoms with Gasteiger partial charge in [0.05, 0.1) is 9.21 Å². The standard InChI is InChI=1S/C11H9ClN2O2S/c12-10-4-3-9(17-10)8-5-7(14-16-8)11(15)13-6-1-2-6/h3-6H,1-2H2,(H,13,15). The quantitative estimate of drug-likeness (QED) is 0.931. The molecule has 0 aliphatic heterocycles. The lowest BCUT2D eigenvalue weighted by Crippen LogP contribution is -2.25. The number of nitrogens with one attached hydrogen (secondary N) is 1. The Morgan fingerprint density at radius 1 is 1.53 bits per heavy atom. The Labute approximate surface area is 107 Å². The number of rotatable bonds is 3. The Morgan fingerprint density at radius 2 is 2.35 bits per heavy atom. The fourth-order valence-corrected chi connectivity index (χ4v) is 2.42. The number of hydrogen-bond acceptors (Lipinski definition) is 4. The Hall–Kier alpha value is -1.33. The summed E-state index contributed by atoms with van der Waals surface area (Å²) in [5.41, 5.74) is 0.316. The van der Waals surface area contributed by atoms with Gasteiger partial charge in [-0.1, -0.05) is 16.8 Å². The third-order valence-corrected chi connectivity index (χ3v) is 3.72. The number of carbonyl (C=O) groups excluding carboxylic acids is 1. The normalized spacial score (nSPS) is 14.9. The third kappa shape index (κ3) is 2.35. The first-order chi connectivity index (χ1) is 8.22.